The Morgan fingerprint density at radius 2 is 2.50 bits per heavy atom. The number of hydrogen-bond donors (Lipinski definition) is 1. The van der Waals surface area contributed by atoms with Gasteiger partial charge in [0.1, 0.15) is 0 Å². The average Bonchev–Trinajstić information content (AvgIpc) is 2.20. The van der Waals surface area contributed by atoms with Crippen molar-refractivity contribution in [2.24, 2.45) is 0 Å². The maximum absolute atomic E-state index is 11.2. The summed E-state index contributed by atoms with van der Waals surface area (Å²) in [4.78, 5) is 12.9. The third-order valence-electron chi connectivity index (χ3n) is 1.88. The zero-order valence-corrected chi connectivity index (χ0v) is 6.55. The summed E-state index contributed by atoms with van der Waals surface area (Å²) < 4.78 is 0. The SMILES string of the molecule is CCN[C@@H]1CCN(C)C1=O. The van der Waals surface area contributed by atoms with Crippen molar-refractivity contribution in [3.8, 4) is 0 Å². The first-order chi connectivity index (χ1) is 4.75. The molecule has 0 aromatic rings. The zero-order chi connectivity index (χ0) is 7.56. The van der Waals surface area contributed by atoms with Gasteiger partial charge < -0.3 is 10.2 Å². The number of rotatable bonds is 2. The van der Waals surface area contributed by atoms with Crippen LogP contribution in [0.4, 0.5) is 0 Å². The van der Waals surface area contributed by atoms with E-state index >= 15 is 0 Å². The van der Waals surface area contributed by atoms with Crippen LogP contribution in [0.1, 0.15) is 13.3 Å². The van der Waals surface area contributed by atoms with Crippen LogP contribution in [0.5, 0.6) is 0 Å². The maximum atomic E-state index is 11.2. The predicted octanol–water partition coefficient (Wildman–Crippen LogP) is -0.173. The van der Waals surface area contributed by atoms with Gasteiger partial charge in [-0.3, -0.25) is 4.79 Å². The molecule has 0 saturated carbocycles. The molecular weight excluding hydrogens is 128 g/mol. The summed E-state index contributed by atoms with van der Waals surface area (Å²) in [5.41, 5.74) is 0. The molecule has 1 fully saturated rings. The highest BCUT2D eigenvalue weighted by molar-refractivity contribution is 5.83. The molecule has 3 heteroatoms. The van der Waals surface area contributed by atoms with Gasteiger partial charge in [0.25, 0.3) is 0 Å². The molecule has 1 aliphatic heterocycles. The molecule has 1 atom stereocenters. The monoisotopic (exact) mass is 142 g/mol. The van der Waals surface area contributed by atoms with E-state index in [-0.39, 0.29) is 11.9 Å². The maximum Gasteiger partial charge on any atom is 0.239 e. The molecule has 1 N–H and O–H groups in total. The van der Waals surface area contributed by atoms with Crippen LogP contribution in [0.15, 0.2) is 0 Å². The lowest BCUT2D eigenvalue weighted by Gasteiger charge is -2.09. The van der Waals surface area contributed by atoms with Gasteiger partial charge in [0, 0.05) is 13.6 Å². The fourth-order valence-corrected chi connectivity index (χ4v) is 1.26. The van der Waals surface area contributed by atoms with Gasteiger partial charge in [-0.1, -0.05) is 6.92 Å². The summed E-state index contributed by atoms with van der Waals surface area (Å²) in [6.07, 6.45) is 0.961. The van der Waals surface area contributed by atoms with Crippen LogP contribution < -0.4 is 5.32 Å². The van der Waals surface area contributed by atoms with Gasteiger partial charge in [-0.25, -0.2) is 0 Å². The minimum atomic E-state index is 0.0926. The lowest BCUT2D eigenvalue weighted by Crippen LogP contribution is -2.36. The zero-order valence-electron chi connectivity index (χ0n) is 6.55. The second-order valence-corrected chi connectivity index (χ2v) is 2.66. The van der Waals surface area contributed by atoms with E-state index in [1.165, 1.54) is 0 Å². The smallest absolute Gasteiger partial charge is 0.239 e. The van der Waals surface area contributed by atoms with E-state index in [0.717, 1.165) is 19.5 Å². The van der Waals surface area contributed by atoms with Crippen LogP contribution in [-0.2, 0) is 4.79 Å². The Hall–Kier alpha value is -0.570. The third-order valence-corrected chi connectivity index (χ3v) is 1.88. The minimum absolute atomic E-state index is 0.0926. The van der Waals surface area contributed by atoms with Crippen molar-refractivity contribution in [1.82, 2.24) is 10.2 Å². The third kappa shape index (κ3) is 1.29. The Labute approximate surface area is 61.4 Å². The van der Waals surface area contributed by atoms with Crippen LogP contribution in [0.3, 0.4) is 0 Å². The molecule has 0 spiro atoms. The second kappa shape index (κ2) is 3.01. The van der Waals surface area contributed by atoms with E-state index in [9.17, 15) is 4.79 Å². The molecule has 0 radical (unpaired) electrons. The molecule has 58 valence electrons. The Morgan fingerprint density at radius 1 is 1.80 bits per heavy atom. The van der Waals surface area contributed by atoms with E-state index in [2.05, 4.69) is 5.32 Å². The van der Waals surface area contributed by atoms with Gasteiger partial charge in [0.15, 0.2) is 0 Å². The number of amides is 1. The summed E-state index contributed by atoms with van der Waals surface area (Å²) in [6, 6.07) is 0.0926. The predicted molar refractivity (Wildman–Crippen MR) is 39.7 cm³/mol. The standard InChI is InChI=1S/C7H14N2O/c1-3-8-6-4-5-9(2)7(6)10/h6,8H,3-5H2,1-2H3/t6-/m1/s1. The summed E-state index contributed by atoms with van der Waals surface area (Å²) in [5, 5.41) is 3.13. The van der Waals surface area contributed by atoms with Crippen molar-refractivity contribution in [3.05, 3.63) is 0 Å². The number of hydrogen-bond acceptors (Lipinski definition) is 2. The van der Waals surface area contributed by atoms with Crippen molar-refractivity contribution >= 4 is 5.91 Å². The molecule has 1 saturated heterocycles. The van der Waals surface area contributed by atoms with Gasteiger partial charge in [-0.15, -0.1) is 0 Å². The van der Waals surface area contributed by atoms with Crippen LogP contribution >= 0.6 is 0 Å². The van der Waals surface area contributed by atoms with E-state index < -0.39 is 0 Å². The van der Waals surface area contributed by atoms with E-state index in [0.29, 0.717) is 0 Å². The number of nitrogens with zero attached hydrogens (tertiary/aromatic N) is 1. The molecule has 1 amide bonds. The first kappa shape index (κ1) is 7.54. The quantitative estimate of drug-likeness (QED) is 0.580. The fourth-order valence-electron chi connectivity index (χ4n) is 1.26. The van der Waals surface area contributed by atoms with Crippen molar-refractivity contribution in [2.45, 2.75) is 19.4 Å². The lowest BCUT2D eigenvalue weighted by molar-refractivity contribution is -0.128. The van der Waals surface area contributed by atoms with Crippen molar-refractivity contribution in [3.63, 3.8) is 0 Å². The number of carbonyl (C=O) groups is 1. The second-order valence-electron chi connectivity index (χ2n) is 2.66. The fraction of sp³-hybridized carbons (Fsp3) is 0.857. The Morgan fingerprint density at radius 3 is 2.90 bits per heavy atom. The first-order valence-corrected chi connectivity index (χ1v) is 3.74. The average molecular weight is 142 g/mol. The minimum Gasteiger partial charge on any atom is -0.344 e. The molecule has 0 aromatic heterocycles. The van der Waals surface area contributed by atoms with Gasteiger partial charge in [-0.05, 0) is 13.0 Å². The van der Waals surface area contributed by atoms with Crippen molar-refractivity contribution in [2.75, 3.05) is 20.1 Å². The molecule has 1 heterocycles. The molecule has 0 unspecified atom stereocenters. The normalized spacial score (nSPS) is 26.0. The Balaban J connectivity index is 2.41. The number of likely N-dealkylation sites (tertiary alicyclic amines) is 1. The van der Waals surface area contributed by atoms with Gasteiger partial charge in [0.2, 0.25) is 5.91 Å². The van der Waals surface area contributed by atoms with E-state index in [1.54, 1.807) is 4.90 Å². The molecule has 0 bridgehead atoms. The molecule has 0 aliphatic carbocycles. The molecule has 1 aliphatic rings. The van der Waals surface area contributed by atoms with Gasteiger partial charge >= 0.3 is 0 Å². The van der Waals surface area contributed by atoms with E-state index in [1.807, 2.05) is 14.0 Å². The topological polar surface area (TPSA) is 32.3 Å². The highest BCUT2D eigenvalue weighted by Gasteiger charge is 2.27. The van der Waals surface area contributed by atoms with Crippen LogP contribution in [-0.4, -0.2) is 37.0 Å². The molecular formula is C7H14N2O. The summed E-state index contributed by atoms with van der Waals surface area (Å²) in [5.74, 6) is 0.238. The largest absolute Gasteiger partial charge is 0.344 e. The number of carbonyl (C=O) groups excluding carboxylic acids is 1. The molecule has 1 rings (SSSR count). The highest BCUT2D eigenvalue weighted by atomic mass is 16.2. The summed E-state index contributed by atoms with van der Waals surface area (Å²) >= 11 is 0. The molecule has 10 heavy (non-hydrogen) atoms. The van der Waals surface area contributed by atoms with Crippen molar-refractivity contribution < 1.29 is 4.79 Å². The van der Waals surface area contributed by atoms with Gasteiger partial charge in [0.05, 0.1) is 6.04 Å². The number of likely N-dealkylation sites (N-methyl/N-ethyl adjacent to an activating group) is 2. The number of nitrogens with one attached hydrogen (secondary N) is 1. The highest BCUT2D eigenvalue weighted by Crippen LogP contribution is 2.07. The van der Waals surface area contributed by atoms with Crippen LogP contribution in [0, 0.1) is 0 Å². The lowest BCUT2D eigenvalue weighted by atomic mass is 10.2. The van der Waals surface area contributed by atoms with Crippen LogP contribution in [0.2, 0.25) is 0 Å². The summed E-state index contributed by atoms with van der Waals surface area (Å²) in [6.45, 7) is 3.80. The molecule has 3 nitrogen and oxygen atoms in total. The molecule has 0 aromatic carbocycles. The first-order valence-electron chi connectivity index (χ1n) is 3.74. The Bertz CT molecular complexity index is 134. The van der Waals surface area contributed by atoms with Crippen LogP contribution in [0.25, 0.3) is 0 Å². The van der Waals surface area contributed by atoms with Crippen molar-refractivity contribution in [1.29, 1.82) is 0 Å². The van der Waals surface area contributed by atoms with E-state index in [4.69, 9.17) is 0 Å². The Kier molecular flexibility index (Phi) is 2.27. The summed E-state index contributed by atoms with van der Waals surface area (Å²) in [7, 11) is 1.85. The van der Waals surface area contributed by atoms with Gasteiger partial charge in [-0.2, -0.15) is 0 Å².